The monoisotopic (exact) mass is 288 g/mol. The highest BCUT2D eigenvalue weighted by atomic mass is 35.5. The minimum absolute atomic E-state index is 0.0522. The van der Waals surface area contributed by atoms with Gasteiger partial charge in [0.1, 0.15) is 0 Å². The smallest absolute Gasteiger partial charge is 0.336 e. The van der Waals surface area contributed by atoms with Gasteiger partial charge in [-0.15, -0.1) is 11.6 Å². The average molecular weight is 289 g/mol. The molecular formula is C13H17ClO5. The fourth-order valence-electron chi connectivity index (χ4n) is 1.87. The number of rotatable bonds is 6. The Bertz CT molecular complexity index is 473. The molecule has 0 heterocycles. The summed E-state index contributed by atoms with van der Waals surface area (Å²) in [5.74, 6) is -0.168. The maximum absolute atomic E-state index is 11.4. The number of alkyl halides is 1. The van der Waals surface area contributed by atoms with Crippen LogP contribution in [0.3, 0.4) is 0 Å². The number of carboxylic acid groups (broad SMARTS) is 1. The van der Waals surface area contributed by atoms with E-state index in [1.807, 2.05) is 6.92 Å². The average Bonchev–Trinajstić information content (AvgIpc) is 2.43. The highest BCUT2D eigenvalue weighted by Crippen LogP contribution is 2.46. The molecule has 5 nitrogen and oxygen atoms in total. The van der Waals surface area contributed by atoms with Gasteiger partial charge in [0.05, 0.1) is 32.3 Å². The summed E-state index contributed by atoms with van der Waals surface area (Å²) in [4.78, 5) is 11.4. The van der Waals surface area contributed by atoms with E-state index in [1.165, 1.54) is 27.4 Å². The minimum Gasteiger partial charge on any atom is -0.493 e. The zero-order chi connectivity index (χ0) is 14.6. The molecule has 0 aliphatic carbocycles. The van der Waals surface area contributed by atoms with Gasteiger partial charge in [-0.1, -0.05) is 6.92 Å². The molecule has 0 amide bonds. The summed E-state index contributed by atoms with van der Waals surface area (Å²) in [7, 11) is 4.33. The van der Waals surface area contributed by atoms with Crippen LogP contribution < -0.4 is 14.2 Å². The van der Waals surface area contributed by atoms with Crippen LogP contribution in [-0.4, -0.2) is 32.4 Å². The molecule has 0 saturated heterocycles. The number of carboxylic acids is 1. The topological polar surface area (TPSA) is 65.0 Å². The van der Waals surface area contributed by atoms with Crippen molar-refractivity contribution in [3.63, 3.8) is 0 Å². The number of carbonyl (C=O) groups is 1. The minimum atomic E-state index is -1.09. The normalized spacial score (nSPS) is 11.8. The van der Waals surface area contributed by atoms with Crippen molar-refractivity contribution in [2.24, 2.45) is 0 Å². The molecule has 1 rings (SSSR count). The molecule has 1 aromatic carbocycles. The summed E-state index contributed by atoms with van der Waals surface area (Å²) in [5, 5.41) is 8.82. The predicted molar refractivity (Wildman–Crippen MR) is 71.9 cm³/mol. The van der Waals surface area contributed by atoms with Crippen LogP contribution in [0.15, 0.2) is 6.07 Å². The molecule has 1 atom stereocenters. The second kappa shape index (κ2) is 6.52. The van der Waals surface area contributed by atoms with Gasteiger partial charge in [-0.05, 0) is 12.5 Å². The Morgan fingerprint density at radius 1 is 1.26 bits per heavy atom. The zero-order valence-corrected chi connectivity index (χ0v) is 12.1. The third kappa shape index (κ3) is 2.87. The number of benzene rings is 1. The summed E-state index contributed by atoms with van der Waals surface area (Å²) in [6.45, 7) is 1.86. The van der Waals surface area contributed by atoms with Gasteiger partial charge in [0, 0.05) is 5.56 Å². The lowest BCUT2D eigenvalue weighted by Crippen LogP contribution is -2.09. The molecule has 0 aromatic heterocycles. The molecule has 1 unspecified atom stereocenters. The van der Waals surface area contributed by atoms with Crippen LogP contribution in [0, 0.1) is 0 Å². The number of aromatic carboxylic acids is 1. The molecule has 19 heavy (non-hydrogen) atoms. The van der Waals surface area contributed by atoms with Crippen LogP contribution in [-0.2, 0) is 0 Å². The summed E-state index contributed by atoms with van der Waals surface area (Å²) in [6.07, 6.45) is 0.563. The first kappa shape index (κ1) is 15.4. The van der Waals surface area contributed by atoms with Crippen molar-refractivity contribution in [3.8, 4) is 17.2 Å². The van der Waals surface area contributed by atoms with Gasteiger partial charge < -0.3 is 19.3 Å². The first-order chi connectivity index (χ1) is 9.01. The fourth-order valence-corrected chi connectivity index (χ4v) is 2.09. The third-order valence-corrected chi connectivity index (χ3v) is 3.30. The number of methoxy groups -OCH3 is 3. The van der Waals surface area contributed by atoms with Gasteiger partial charge in [0.2, 0.25) is 5.75 Å². The molecule has 0 fully saturated rings. The van der Waals surface area contributed by atoms with Gasteiger partial charge >= 0.3 is 5.97 Å². The Balaban J connectivity index is 3.68. The zero-order valence-electron chi connectivity index (χ0n) is 11.3. The van der Waals surface area contributed by atoms with E-state index in [0.29, 0.717) is 29.2 Å². The van der Waals surface area contributed by atoms with E-state index in [0.717, 1.165) is 0 Å². The second-order valence-electron chi connectivity index (χ2n) is 3.79. The van der Waals surface area contributed by atoms with Crippen molar-refractivity contribution in [1.29, 1.82) is 0 Å². The number of ether oxygens (including phenoxy) is 3. The lowest BCUT2D eigenvalue weighted by molar-refractivity contribution is 0.0694. The molecule has 0 spiro atoms. The molecule has 1 N–H and O–H groups in total. The van der Waals surface area contributed by atoms with E-state index in [9.17, 15) is 9.90 Å². The Labute approximate surface area is 117 Å². The molecule has 106 valence electrons. The lowest BCUT2D eigenvalue weighted by atomic mass is 10.00. The number of halogens is 1. The Morgan fingerprint density at radius 2 is 1.84 bits per heavy atom. The first-order valence-electron chi connectivity index (χ1n) is 5.71. The van der Waals surface area contributed by atoms with E-state index < -0.39 is 11.3 Å². The van der Waals surface area contributed by atoms with Gasteiger partial charge in [-0.25, -0.2) is 4.79 Å². The predicted octanol–water partition coefficient (Wildman–Crippen LogP) is 3.10. The third-order valence-electron chi connectivity index (χ3n) is 2.77. The highest BCUT2D eigenvalue weighted by Gasteiger charge is 2.27. The molecule has 0 radical (unpaired) electrons. The van der Waals surface area contributed by atoms with Crippen LogP contribution >= 0.6 is 11.6 Å². The van der Waals surface area contributed by atoms with Crippen LogP contribution in [0.25, 0.3) is 0 Å². The maximum atomic E-state index is 11.4. The largest absolute Gasteiger partial charge is 0.493 e. The van der Waals surface area contributed by atoms with Gasteiger partial charge in [0.25, 0.3) is 0 Å². The van der Waals surface area contributed by atoms with E-state index in [1.54, 1.807) is 0 Å². The maximum Gasteiger partial charge on any atom is 0.336 e. The standard InChI is InChI=1S/C13H17ClO5/c1-5-8(14)10-7(13(15)16)6-9(17-2)11(18-3)12(10)19-4/h6,8H,5H2,1-4H3,(H,15,16). The molecule has 0 aliphatic rings. The quantitative estimate of drug-likeness (QED) is 0.815. The van der Waals surface area contributed by atoms with Gasteiger partial charge in [-0.3, -0.25) is 0 Å². The highest BCUT2D eigenvalue weighted by molar-refractivity contribution is 6.21. The molecule has 0 saturated carbocycles. The van der Waals surface area contributed by atoms with Gasteiger partial charge in [-0.2, -0.15) is 0 Å². The number of hydrogen-bond acceptors (Lipinski definition) is 4. The molecule has 6 heteroatoms. The van der Waals surface area contributed by atoms with Crippen LogP contribution in [0.5, 0.6) is 17.2 Å². The second-order valence-corrected chi connectivity index (χ2v) is 4.31. The summed E-state index contributed by atoms with van der Waals surface area (Å²) in [6, 6.07) is 1.39. The summed E-state index contributed by atoms with van der Waals surface area (Å²) in [5.41, 5.74) is 0.452. The molecule has 0 aliphatic heterocycles. The lowest BCUT2D eigenvalue weighted by Gasteiger charge is -2.20. The van der Waals surface area contributed by atoms with Crippen molar-refractivity contribution in [1.82, 2.24) is 0 Å². The van der Waals surface area contributed by atoms with E-state index >= 15 is 0 Å². The van der Waals surface area contributed by atoms with Crippen LogP contribution in [0.4, 0.5) is 0 Å². The van der Waals surface area contributed by atoms with Crippen LogP contribution in [0.1, 0.15) is 34.6 Å². The Kier molecular flexibility index (Phi) is 5.30. The van der Waals surface area contributed by atoms with Gasteiger partial charge in [0.15, 0.2) is 11.5 Å². The van der Waals surface area contributed by atoms with Crippen molar-refractivity contribution < 1.29 is 24.1 Å². The van der Waals surface area contributed by atoms with Crippen molar-refractivity contribution in [2.75, 3.05) is 21.3 Å². The Morgan fingerprint density at radius 3 is 2.21 bits per heavy atom. The molecular weight excluding hydrogens is 272 g/mol. The number of hydrogen-bond donors (Lipinski definition) is 1. The SMILES string of the molecule is CCC(Cl)c1c(C(=O)O)cc(OC)c(OC)c1OC. The summed E-state index contributed by atoms with van der Waals surface area (Å²) < 4.78 is 15.6. The van der Waals surface area contributed by atoms with Crippen molar-refractivity contribution >= 4 is 17.6 Å². The Hall–Kier alpha value is -1.62. The van der Waals surface area contributed by atoms with Crippen molar-refractivity contribution in [3.05, 3.63) is 17.2 Å². The van der Waals surface area contributed by atoms with Crippen molar-refractivity contribution in [2.45, 2.75) is 18.7 Å². The van der Waals surface area contributed by atoms with E-state index in [2.05, 4.69) is 0 Å². The molecule has 0 bridgehead atoms. The van der Waals surface area contributed by atoms with E-state index in [4.69, 9.17) is 25.8 Å². The fraction of sp³-hybridized carbons (Fsp3) is 0.462. The first-order valence-corrected chi connectivity index (χ1v) is 6.15. The summed E-state index contributed by atoms with van der Waals surface area (Å²) >= 11 is 6.21. The molecule has 1 aromatic rings. The van der Waals surface area contributed by atoms with E-state index in [-0.39, 0.29) is 5.56 Å². The van der Waals surface area contributed by atoms with Crippen LogP contribution in [0.2, 0.25) is 0 Å².